The number of nitrogens with zero attached hydrogens (tertiary/aromatic N) is 3. The number of hydrogen-bond acceptors (Lipinski definition) is 4. The lowest BCUT2D eigenvalue weighted by Crippen LogP contribution is -2.27. The molecule has 1 heterocycles. The normalized spacial score (nSPS) is 12.4. The van der Waals surface area contributed by atoms with Crippen molar-refractivity contribution in [1.82, 2.24) is 14.7 Å². The number of fused-ring (bicyclic) bond motifs is 1. The van der Waals surface area contributed by atoms with Gasteiger partial charge in [0.1, 0.15) is 11.6 Å². The highest BCUT2D eigenvalue weighted by atomic mass is 19.1. The maximum atomic E-state index is 13.3. The first-order chi connectivity index (χ1) is 14.9. The summed E-state index contributed by atoms with van der Waals surface area (Å²) in [6.45, 7) is -0.0499. The molecule has 31 heavy (non-hydrogen) atoms. The predicted molar refractivity (Wildman–Crippen MR) is 114 cm³/mol. The van der Waals surface area contributed by atoms with Gasteiger partial charge in [-0.2, -0.15) is 5.10 Å². The van der Waals surface area contributed by atoms with Gasteiger partial charge in [0.2, 0.25) is 0 Å². The fourth-order valence-electron chi connectivity index (χ4n) is 3.51. The Balaban J connectivity index is 1.48. The standard InChI is InChI=1S/C23H23FN4O3/c1-27(2)21(29)14-31-18-12-8-16(9-13-18)25-23(30)22-19-4-3-5-20(19)28(26-22)17-10-6-15(24)7-11-17/h6-13H,3-5,14H2,1-2H3,(H,25,30). The number of ether oxygens (including phenoxy) is 1. The first-order valence-corrected chi connectivity index (χ1v) is 10.0. The number of likely N-dealkylation sites (N-methyl/N-ethyl adjacent to an activating group) is 1. The summed E-state index contributed by atoms with van der Waals surface area (Å²) in [7, 11) is 3.33. The molecule has 0 spiro atoms. The van der Waals surface area contributed by atoms with Crippen LogP contribution in [0.2, 0.25) is 0 Å². The van der Waals surface area contributed by atoms with Gasteiger partial charge in [-0.05, 0) is 67.8 Å². The van der Waals surface area contributed by atoms with E-state index in [4.69, 9.17) is 4.74 Å². The van der Waals surface area contributed by atoms with E-state index in [9.17, 15) is 14.0 Å². The monoisotopic (exact) mass is 422 g/mol. The van der Waals surface area contributed by atoms with Gasteiger partial charge >= 0.3 is 0 Å². The van der Waals surface area contributed by atoms with Crippen LogP contribution in [0, 0.1) is 5.82 Å². The van der Waals surface area contributed by atoms with Gasteiger partial charge in [-0.15, -0.1) is 0 Å². The van der Waals surface area contributed by atoms with Gasteiger partial charge in [-0.3, -0.25) is 9.59 Å². The molecule has 1 aliphatic carbocycles. The number of aromatic nitrogens is 2. The molecule has 7 nitrogen and oxygen atoms in total. The number of carbonyl (C=O) groups is 2. The SMILES string of the molecule is CN(C)C(=O)COc1ccc(NC(=O)c2nn(-c3ccc(F)cc3)c3c2CCC3)cc1. The fraction of sp³-hybridized carbons (Fsp3) is 0.261. The molecule has 0 atom stereocenters. The lowest BCUT2D eigenvalue weighted by molar-refractivity contribution is -0.130. The van der Waals surface area contributed by atoms with Crippen molar-refractivity contribution in [2.75, 3.05) is 26.0 Å². The third kappa shape index (κ3) is 4.42. The second kappa shape index (κ2) is 8.59. The minimum Gasteiger partial charge on any atom is -0.484 e. The molecule has 1 N–H and O–H groups in total. The molecule has 8 heteroatoms. The average Bonchev–Trinajstić information content (AvgIpc) is 3.36. The van der Waals surface area contributed by atoms with Gasteiger partial charge < -0.3 is 15.0 Å². The number of halogens is 1. The van der Waals surface area contributed by atoms with E-state index < -0.39 is 0 Å². The van der Waals surface area contributed by atoms with E-state index in [1.165, 1.54) is 17.0 Å². The summed E-state index contributed by atoms with van der Waals surface area (Å²) in [6.07, 6.45) is 2.56. The fourth-order valence-corrected chi connectivity index (χ4v) is 3.51. The summed E-state index contributed by atoms with van der Waals surface area (Å²) in [5, 5.41) is 7.39. The van der Waals surface area contributed by atoms with Crippen molar-refractivity contribution < 1.29 is 18.7 Å². The summed E-state index contributed by atoms with van der Waals surface area (Å²) in [4.78, 5) is 26.0. The highest BCUT2D eigenvalue weighted by molar-refractivity contribution is 6.04. The number of amides is 2. The smallest absolute Gasteiger partial charge is 0.276 e. The van der Waals surface area contributed by atoms with E-state index in [-0.39, 0.29) is 24.2 Å². The number of anilines is 1. The molecule has 4 rings (SSSR count). The van der Waals surface area contributed by atoms with E-state index in [2.05, 4.69) is 10.4 Å². The summed E-state index contributed by atoms with van der Waals surface area (Å²) in [5.74, 6) is -0.211. The van der Waals surface area contributed by atoms with Crippen LogP contribution < -0.4 is 10.1 Å². The summed E-state index contributed by atoms with van der Waals surface area (Å²) < 4.78 is 20.5. The quantitative estimate of drug-likeness (QED) is 0.662. The topological polar surface area (TPSA) is 76.5 Å². The lowest BCUT2D eigenvalue weighted by atomic mass is 10.2. The molecule has 0 unspecified atom stereocenters. The van der Waals surface area contributed by atoms with Crippen molar-refractivity contribution in [3.63, 3.8) is 0 Å². The Morgan fingerprint density at radius 2 is 1.81 bits per heavy atom. The Bertz CT molecular complexity index is 1110. The zero-order chi connectivity index (χ0) is 22.0. The Labute approximate surface area is 179 Å². The van der Waals surface area contributed by atoms with Crippen LogP contribution in [0.3, 0.4) is 0 Å². The number of nitrogens with one attached hydrogen (secondary N) is 1. The Morgan fingerprint density at radius 3 is 2.48 bits per heavy atom. The van der Waals surface area contributed by atoms with Gasteiger partial charge in [0.25, 0.3) is 11.8 Å². The summed E-state index contributed by atoms with van der Waals surface area (Å²) in [5.41, 5.74) is 3.63. The van der Waals surface area contributed by atoms with E-state index in [0.29, 0.717) is 17.1 Å². The van der Waals surface area contributed by atoms with Crippen LogP contribution in [0.5, 0.6) is 5.75 Å². The number of hydrogen-bond donors (Lipinski definition) is 1. The van der Waals surface area contributed by atoms with Crippen LogP contribution in [0.25, 0.3) is 5.69 Å². The molecule has 2 amide bonds. The molecule has 160 valence electrons. The van der Waals surface area contributed by atoms with E-state index in [0.717, 1.165) is 36.2 Å². The summed E-state index contributed by atoms with van der Waals surface area (Å²) >= 11 is 0. The van der Waals surface area contributed by atoms with Crippen molar-refractivity contribution in [2.45, 2.75) is 19.3 Å². The van der Waals surface area contributed by atoms with Crippen molar-refractivity contribution in [3.8, 4) is 11.4 Å². The first kappa shape index (κ1) is 20.6. The molecular weight excluding hydrogens is 399 g/mol. The molecule has 0 saturated heterocycles. The van der Waals surface area contributed by atoms with Crippen molar-refractivity contribution >= 4 is 17.5 Å². The molecule has 0 bridgehead atoms. The molecule has 0 fully saturated rings. The van der Waals surface area contributed by atoms with Crippen LogP contribution in [-0.4, -0.2) is 47.2 Å². The Hall–Kier alpha value is -3.68. The van der Waals surface area contributed by atoms with Gasteiger partial charge in [0, 0.05) is 31.0 Å². The van der Waals surface area contributed by atoms with Gasteiger partial charge in [0.05, 0.1) is 5.69 Å². The molecular formula is C23H23FN4O3. The molecule has 3 aromatic rings. The summed E-state index contributed by atoms with van der Waals surface area (Å²) in [6, 6.07) is 12.9. The Kier molecular flexibility index (Phi) is 5.70. The van der Waals surface area contributed by atoms with Crippen LogP contribution in [-0.2, 0) is 17.6 Å². The maximum Gasteiger partial charge on any atom is 0.276 e. The van der Waals surface area contributed by atoms with Gasteiger partial charge in [-0.25, -0.2) is 9.07 Å². The van der Waals surface area contributed by atoms with Crippen LogP contribution in [0.15, 0.2) is 48.5 Å². The Morgan fingerprint density at radius 1 is 1.10 bits per heavy atom. The molecule has 1 aromatic heterocycles. The molecule has 0 aliphatic heterocycles. The number of rotatable bonds is 6. The minimum absolute atomic E-state index is 0.0499. The van der Waals surface area contributed by atoms with Crippen molar-refractivity contribution in [3.05, 3.63) is 71.3 Å². The largest absolute Gasteiger partial charge is 0.484 e. The van der Waals surface area contributed by atoms with Crippen molar-refractivity contribution in [2.24, 2.45) is 0 Å². The van der Waals surface area contributed by atoms with E-state index in [1.54, 1.807) is 55.2 Å². The molecule has 1 aliphatic rings. The maximum absolute atomic E-state index is 13.3. The zero-order valence-electron chi connectivity index (χ0n) is 17.4. The van der Waals surface area contributed by atoms with Crippen LogP contribution in [0.4, 0.5) is 10.1 Å². The third-order valence-electron chi connectivity index (χ3n) is 5.19. The average molecular weight is 422 g/mol. The third-order valence-corrected chi connectivity index (χ3v) is 5.19. The van der Waals surface area contributed by atoms with E-state index in [1.807, 2.05) is 0 Å². The first-order valence-electron chi connectivity index (χ1n) is 10.0. The lowest BCUT2D eigenvalue weighted by Gasteiger charge is -2.11. The zero-order valence-corrected chi connectivity index (χ0v) is 17.4. The molecule has 2 aromatic carbocycles. The molecule has 0 radical (unpaired) electrons. The van der Waals surface area contributed by atoms with Gasteiger partial charge in [-0.1, -0.05) is 0 Å². The van der Waals surface area contributed by atoms with Crippen LogP contribution >= 0.6 is 0 Å². The second-order valence-corrected chi connectivity index (χ2v) is 7.57. The van der Waals surface area contributed by atoms with Gasteiger partial charge in [0.15, 0.2) is 12.3 Å². The molecule has 0 saturated carbocycles. The highest BCUT2D eigenvalue weighted by Gasteiger charge is 2.27. The number of benzene rings is 2. The predicted octanol–water partition coefficient (Wildman–Crippen LogP) is 3.22. The van der Waals surface area contributed by atoms with Crippen LogP contribution in [0.1, 0.15) is 28.2 Å². The minimum atomic E-state index is -0.316. The number of carbonyl (C=O) groups excluding carboxylic acids is 2. The second-order valence-electron chi connectivity index (χ2n) is 7.57. The van der Waals surface area contributed by atoms with Crippen molar-refractivity contribution in [1.29, 1.82) is 0 Å². The highest BCUT2D eigenvalue weighted by Crippen LogP contribution is 2.28. The van der Waals surface area contributed by atoms with E-state index >= 15 is 0 Å².